The van der Waals surface area contributed by atoms with Crippen LogP contribution in [0.4, 0.5) is 0 Å². The van der Waals surface area contributed by atoms with E-state index in [2.05, 4.69) is 24.2 Å². The summed E-state index contributed by atoms with van der Waals surface area (Å²) >= 11 is 0. The lowest BCUT2D eigenvalue weighted by atomic mass is 9.59. The molecule has 2 unspecified atom stereocenters. The van der Waals surface area contributed by atoms with Crippen molar-refractivity contribution in [2.45, 2.75) is 64.1 Å². The van der Waals surface area contributed by atoms with Crippen LogP contribution in [0.3, 0.4) is 0 Å². The number of hydrogen-bond donors (Lipinski definition) is 2. The number of aliphatic imine (C=N–C) groups is 1. The summed E-state index contributed by atoms with van der Waals surface area (Å²) in [4.78, 5) is 4.66. The molecule has 2 atom stereocenters. The Bertz CT molecular complexity index is 295. The highest BCUT2D eigenvalue weighted by molar-refractivity contribution is 5.78. The first kappa shape index (κ1) is 12.7. The van der Waals surface area contributed by atoms with E-state index >= 15 is 0 Å². The standard InChI is InChI=1S/C13H25N3O/c1-4-13(5-2)10(8-11(13)17-3)16-12(14)15-9-6-7-9/h9-11H,4-8H2,1-3H3,(H3,14,15,16). The fraction of sp³-hybridized carbons (Fsp3) is 0.923. The molecule has 0 heterocycles. The molecule has 0 radical (unpaired) electrons. The summed E-state index contributed by atoms with van der Waals surface area (Å²) in [6, 6.07) is 0.906. The van der Waals surface area contributed by atoms with Gasteiger partial charge >= 0.3 is 0 Å². The van der Waals surface area contributed by atoms with Gasteiger partial charge in [0.25, 0.3) is 0 Å². The smallest absolute Gasteiger partial charge is 0.189 e. The van der Waals surface area contributed by atoms with Crippen LogP contribution in [0.2, 0.25) is 0 Å². The van der Waals surface area contributed by atoms with Crippen molar-refractivity contribution in [2.75, 3.05) is 7.11 Å². The minimum absolute atomic E-state index is 0.199. The number of nitrogens with zero attached hydrogens (tertiary/aromatic N) is 1. The van der Waals surface area contributed by atoms with E-state index in [1.807, 2.05) is 0 Å². The van der Waals surface area contributed by atoms with E-state index < -0.39 is 0 Å². The quantitative estimate of drug-likeness (QED) is 0.566. The van der Waals surface area contributed by atoms with Gasteiger partial charge in [0, 0.05) is 18.6 Å². The Kier molecular flexibility index (Phi) is 3.61. The van der Waals surface area contributed by atoms with E-state index in [4.69, 9.17) is 10.5 Å². The number of nitrogens with one attached hydrogen (secondary N) is 1. The van der Waals surface area contributed by atoms with E-state index in [9.17, 15) is 0 Å². The van der Waals surface area contributed by atoms with Crippen LogP contribution in [-0.2, 0) is 4.74 Å². The Morgan fingerprint density at radius 3 is 2.53 bits per heavy atom. The van der Waals surface area contributed by atoms with Gasteiger partial charge in [-0.15, -0.1) is 0 Å². The van der Waals surface area contributed by atoms with Gasteiger partial charge in [0.05, 0.1) is 12.1 Å². The Hall–Kier alpha value is -0.770. The van der Waals surface area contributed by atoms with Gasteiger partial charge in [0.15, 0.2) is 5.96 Å². The minimum atomic E-state index is 0.199. The molecule has 2 aliphatic rings. The summed E-state index contributed by atoms with van der Waals surface area (Å²) in [5.74, 6) is 0.623. The number of rotatable bonds is 5. The molecule has 0 aliphatic heterocycles. The van der Waals surface area contributed by atoms with Gasteiger partial charge in [-0.25, -0.2) is 4.99 Å². The third kappa shape index (κ3) is 2.28. The van der Waals surface area contributed by atoms with Crippen LogP contribution in [0.1, 0.15) is 46.0 Å². The van der Waals surface area contributed by atoms with E-state index in [0.29, 0.717) is 24.1 Å². The maximum atomic E-state index is 5.94. The van der Waals surface area contributed by atoms with Crippen molar-refractivity contribution in [1.82, 2.24) is 5.32 Å². The van der Waals surface area contributed by atoms with Gasteiger partial charge in [-0.3, -0.25) is 0 Å². The Balaban J connectivity index is 2.00. The molecular weight excluding hydrogens is 214 g/mol. The zero-order valence-electron chi connectivity index (χ0n) is 11.2. The molecule has 0 saturated heterocycles. The number of ether oxygens (including phenoxy) is 1. The summed E-state index contributed by atoms with van der Waals surface area (Å²) in [5.41, 5.74) is 6.14. The molecule has 0 amide bonds. The molecule has 0 aromatic heterocycles. The van der Waals surface area contributed by atoms with Crippen LogP contribution in [-0.4, -0.2) is 31.3 Å². The largest absolute Gasteiger partial charge is 0.381 e. The summed E-state index contributed by atoms with van der Waals surface area (Å²) in [5, 5.41) is 3.26. The van der Waals surface area contributed by atoms with Crippen LogP contribution in [0.5, 0.6) is 0 Å². The first-order valence-corrected chi connectivity index (χ1v) is 6.78. The zero-order chi connectivity index (χ0) is 12.5. The molecule has 4 nitrogen and oxygen atoms in total. The van der Waals surface area contributed by atoms with E-state index in [-0.39, 0.29) is 5.41 Å². The molecule has 17 heavy (non-hydrogen) atoms. The Morgan fingerprint density at radius 1 is 1.41 bits per heavy atom. The van der Waals surface area contributed by atoms with Gasteiger partial charge in [0.2, 0.25) is 0 Å². The highest BCUT2D eigenvalue weighted by atomic mass is 16.5. The molecule has 2 rings (SSSR count). The van der Waals surface area contributed by atoms with Crippen molar-refractivity contribution in [3.8, 4) is 0 Å². The van der Waals surface area contributed by atoms with Gasteiger partial charge in [-0.05, 0) is 32.1 Å². The van der Waals surface area contributed by atoms with E-state index in [1.165, 1.54) is 12.8 Å². The summed E-state index contributed by atoms with van der Waals surface area (Å²) in [7, 11) is 1.80. The van der Waals surface area contributed by atoms with Crippen LogP contribution < -0.4 is 11.1 Å². The van der Waals surface area contributed by atoms with Crippen molar-refractivity contribution >= 4 is 5.96 Å². The first-order chi connectivity index (χ1) is 8.16. The fourth-order valence-corrected chi connectivity index (χ4v) is 3.06. The van der Waals surface area contributed by atoms with Crippen molar-refractivity contribution in [1.29, 1.82) is 0 Å². The molecule has 98 valence electrons. The third-order valence-electron chi connectivity index (χ3n) is 4.57. The fourth-order valence-electron chi connectivity index (χ4n) is 3.06. The number of guanidine groups is 1. The molecule has 0 aromatic carbocycles. The molecule has 2 aliphatic carbocycles. The number of methoxy groups -OCH3 is 1. The highest BCUT2D eigenvalue weighted by Gasteiger charge is 2.53. The van der Waals surface area contributed by atoms with Gasteiger partial charge in [-0.1, -0.05) is 13.8 Å². The maximum Gasteiger partial charge on any atom is 0.189 e. The second-order valence-electron chi connectivity index (χ2n) is 5.35. The number of hydrogen-bond acceptors (Lipinski definition) is 2. The van der Waals surface area contributed by atoms with Crippen molar-refractivity contribution < 1.29 is 4.74 Å². The predicted octanol–water partition coefficient (Wildman–Crippen LogP) is 1.65. The highest BCUT2D eigenvalue weighted by Crippen LogP contribution is 2.50. The van der Waals surface area contributed by atoms with Crippen molar-refractivity contribution in [2.24, 2.45) is 16.1 Å². The molecule has 0 spiro atoms. The van der Waals surface area contributed by atoms with E-state index in [0.717, 1.165) is 19.3 Å². The summed E-state index contributed by atoms with van der Waals surface area (Å²) in [6.07, 6.45) is 6.02. The van der Waals surface area contributed by atoms with Crippen LogP contribution >= 0.6 is 0 Å². The number of nitrogens with two attached hydrogens (primary N) is 1. The zero-order valence-corrected chi connectivity index (χ0v) is 11.2. The lowest BCUT2D eigenvalue weighted by molar-refractivity contribution is -0.111. The SMILES string of the molecule is CCC1(CC)C(N=C(N)NC2CC2)CC1OC. The van der Waals surface area contributed by atoms with Crippen molar-refractivity contribution in [3.05, 3.63) is 0 Å². The minimum Gasteiger partial charge on any atom is -0.381 e. The topological polar surface area (TPSA) is 59.6 Å². The lowest BCUT2D eigenvalue weighted by Crippen LogP contribution is -2.57. The van der Waals surface area contributed by atoms with Crippen LogP contribution in [0.25, 0.3) is 0 Å². The average molecular weight is 239 g/mol. The van der Waals surface area contributed by atoms with Gasteiger partial charge in [-0.2, -0.15) is 0 Å². The van der Waals surface area contributed by atoms with Gasteiger partial charge < -0.3 is 15.8 Å². The molecule has 0 aromatic rings. The normalized spacial score (nSPS) is 32.1. The monoisotopic (exact) mass is 239 g/mol. The maximum absolute atomic E-state index is 5.94. The molecule has 2 saturated carbocycles. The molecule has 2 fully saturated rings. The Morgan fingerprint density at radius 2 is 2.06 bits per heavy atom. The molecular formula is C13H25N3O. The molecule has 4 heteroatoms. The van der Waals surface area contributed by atoms with Gasteiger partial charge in [0.1, 0.15) is 0 Å². The second kappa shape index (κ2) is 4.84. The third-order valence-corrected chi connectivity index (χ3v) is 4.57. The molecule has 3 N–H and O–H groups in total. The lowest BCUT2D eigenvalue weighted by Gasteiger charge is -2.53. The predicted molar refractivity (Wildman–Crippen MR) is 70.0 cm³/mol. The summed E-state index contributed by atoms with van der Waals surface area (Å²) < 4.78 is 5.56. The average Bonchev–Trinajstić information content (AvgIpc) is 3.09. The first-order valence-electron chi connectivity index (χ1n) is 6.78. The molecule has 0 bridgehead atoms. The van der Waals surface area contributed by atoms with Crippen LogP contribution in [0, 0.1) is 5.41 Å². The van der Waals surface area contributed by atoms with E-state index in [1.54, 1.807) is 7.11 Å². The summed E-state index contributed by atoms with van der Waals surface area (Å²) in [6.45, 7) is 4.45. The Labute approximate surface area is 104 Å². The van der Waals surface area contributed by atoms with Crippen molar-refractivity contribution in [3.63, 3.8) is 0 Å². The second-order valence-corrected chi connectivity index (χ2v) is 5.35. The van der Waals surface area contributed by atoms with Crippen LogP contribution in [0.15, 0.2) is 4.99 Å².